The number of nitrogens with zero attached hydrogens (tertiary/aromatic N) is 6. The molecule has 0 saturated carbocycles. The van der Waals surface area contributed by atoms with Crippen molar-refractivity contribution in [2.24, 2.45) is 0 Å². The quantitative estimate of drug-likeness (QED) is 0.279. The highest BCUT2D eigenvalue weighted by Gasteiger charge is 2.34. The summed E-state index contributed by atoms with van der Waals surface area (Å²) >= 11 is 7.05. The fourth-order valence-electron chi connectivity index (χ4n) is 4.54. The Morgan fingerprint density at radius 3 is 2.43 bits per heavy atom. The van der Waals surface area contributed by atoms with Crippen LogP contribution in [0.1, 0.15) is 40.6 Å². The van der Waals surface area contributed by atoms with Crippen molar-refractivity contribution >= 4 is 51.5 Å². The standard InChI is InChI=1S/C27H24ClF3N8O2S/c28-18-4-5-20(27(29,30)31)17(13-18)14-23(40)34-26-38-37-25(42-26)16-8-11-39(12-9-16)22-7-6-21(35-36-22)33-24(41)15-19-3-1-2-10-32-19/h1-7,10,13,16H,8-9,11-12,14-15H2,(H,33,35,41)(H,34,38,40). The molecule has 0 atom stereocenters. The van der Waals surface area contributed by atoms with Gasteiger partial charge in [0.1, 0.15) is 5.01 Å². The largest absolute Gasteiger partial charge is 0.416 e. The number of aromatic nitrogens is 5. The Morgan fingerprint density at radius 1 is 0.952 bits per heavy atom. The van der Waals surface area contributed by atoms with Crippen LogP contribution in [-0.2, 0) is 28.6 Å². The van der Waals surface area contributed by atoms with Crippen molar-refractivity contribution in [3.05, 3.63) is 81.6 Å². The van der Waals surface area contributed by atoms with Crippen LogP contribution in [0.2, 0.25) is 5.02 Å². The average Bonchev–Trinajstić information content (AvgIpc) is 3.41. The number of anilines is 3. The summed E-state index contributed by atoms with van der Waals surface area (Å²) in [7, 11) is 0. The van der Waals surface area contributed by atoms with Crippen molar-refractivity contribution < 1.29 is 22.8 Å². The number of hydrogen-bond acceptors (Lipinski definition) is 9. The van der Waals surface area contributed by atoms with E-state index in [1.807, 2.05) is 6.07 Å². The third kappa shape index (κ3) is 7.56. The molecule has 4 aromatic rings. The monoisotopic (exact) mass is 616 g/mol. The molecule has 1 aromatic carbocycles. The van der Waals surface area contributed by atoms with E-state index in [0.717, 1.165) is 36.0 Å². The molecule has 42 heavy (non-hydrogen) atoms. The molecule has 0 aliphatic carbocycles. The minimum Gasteiger partial charge on any atom is -0.355 e. The molecule has 1 aliphatic heterocycles. The Labute approximate surface area is 247 Å². The van der Waals surface area contributed by atoms with Crippen molar-refractivity contribution in [2.45, 2.75) is 37.8 Å². The van der Waals surface area contributed by atoms with Gasteiger partial charge in [0, 0.05) is 35.9 Å². The summed E-state index contributed by atoms with van der Waals surface area (Å²) in [6, 6.07) is 12.0. The number of hydrogen-bond donors (Lipinski definition) is 2. The normalized spacial score (nSPS) is 14.0. The average molecular weight is 617 g/mol. The molecule has 4 heterocycles. The van der Waals surface area contributed by atoms with Crippen molar-refractivity contribution in [3.63, 3.8) is 0 Å². The third-order valence-corrected chi connectivity index (χ3v) is 7.80. The maximum Gasteiger partial charge on any atom is 0.416 e. The Hall–Kier alpha value is -4.17. The molecule has 1 aliphatic rings. The lowest BCUT2D eigenvalue weighted by Gasteiger charge is -2.31. The summed E-state index contributed by atoms with van der Waals surface area (Å²) in [6.07, 6.45) is -1.83. The molecule has 1 fully saturated rings. The summed E-state index contributed by atoms with van der Waals surface area (Å²) < 4.78 is 39.9. The predicted molar refractivity (Wildman–Crippen MR) is 151 cm³/mol. The van der Waals surface area contributed by atoms with Crippen LogP contribution < -0.4 is 15.5 Å². The van der Waals surface area contributed by atoms with E-state index in [1.54, 1.807) is 30.5 Å². The summed E-state index contributed by atoms with van der Waals surface area (Å²) in [5.74, 6) is 0.255. The number of carbonyl (C=O) groups excluding carboxylic acids is 2. The summed E-state index contributed by atoms with van der Waals surface area (Å²) in [6.45, 7) is 1.36. The van der Waals surface area contributed by atoms with E-state index in [9.17, 15) is 22.8 Å². The van der Waals surface area contributed by atoms with E-state index >= 15 is 0 Å². The molecule has 2 amide bonds. The van der Waals surface area contributed by atoms with Gasteiger partial charge < -0.3 is 15.5 Å². The molecule has 3 aromatic heterocycles. The van der Waals surface area contributed by atoms with Crippen LogP contribution in [0.5, 0.6) is 0 Å². The lowest BCUT2D eigenvalue weighted by Crippen LogP contribution is -2.33. The highest BCUT2D eigenvalue weighted by Crippen LogP contribution is 2.35. The van der Waals surface area contributed by atoms with E-state index in [0.29, 0.717) is 30.4 Å². The zero-order valence-electron chi connectivity index (χ0n) is 21.9. The van der Waals surface area contributed by atoms with Crippen LogP contribution in [0.25, 0.3) is 0 Å². The Kier molecular flexibility index (Phi) is 8.92. The van der Waals surface area contributed by atoms with Gasteiger partial charge in [0.15, 0.2) is 11.6 Å². The fourth-order valence-corrected chi connectivity index (χ4v) is 5.67. The highest BCUT2D eigenvalue weighted by molar-refractivity contribution is 7.15. The van der Waals surface area contributed by atoms with E-state index in [2.05, 4.69) is 40.9 Å². The van der Waals surface area contributed by atoms with Gasteiger partial charge in [-0.2, -0.15) is 13.2 Å². The minimum atomic E-state index is -4.60. The molecule has 0 unspecified atom stereocenters. The number of carbonyl (C=O) groups is 2. The second-order valence-corrected chi connectivity index (χ2v) is 11.0. The molecule has 0 bridgehead atoms. The van der Waals surface area contributed by atoms with Gasteiger partial charge in [-0.1, -0.05) is 29.0 Å². The molecular formula is C27H24ClF3N8O2S. The van der Waals surface area contributed by atoms with Gasteiger partial charge in [-0.05, 0) is 60.9 Å². The first-order valence-corrected chi connectivity index (χ1v) is 14.1. The van der Waals surface area contributed by atoms with E-state index in [1.165, 1.54) is 11.3 Å². The molecule has 218 valence electrons. The number of benzene rings is 1. The number of pyridine rings is 1. The summed E-state index contributed by atoms with van der Waals surface area (Å²) in [4.78, 5) is 30.9. The zero-order valence-corrected chi connectivity index (χ0v) is 23.5. The lowest BCUT2D eigenvalue weighted by molar-refractivity contribution is -0.138. The molecule has 10 nitrogen and oxygen atoms in total. The molecule has 2 N–H and O–H groups in total. The smallest absolute Gasteiger partial charge is 0.355 e. The van der Waals surface area contributed by atoms with Gasteiger partial charge in [0.05, 0.1) is 18.4 Å². The second kappa shape index (κ2) is 12.8. The van der Waals surface area contributed by atoms with Crippen molar-refractivity contribution in [3.8, 4) is 0 Å². The van der Waals surface area contributed by atoms with Crippen LogP contribution in [0.15, 0.2) is 54.7 Å². The Morgan fingerprint density at radius 2 is 1.74 bits per heavy atom. The molecule has 15 heteroatoms. The van der Waals surface area contributed by atoms with Gasteiger partial charge in [0.2, 0.25) is 16.9 Å². The van der Waals surface area contributed by atoms with Crippen LogP contribution in [0, 0.1) is 0 Å². The van der Waals surface area contributed by atoms with Gasteiger partial charge in [0.25, 0.3) is 0 Å². The number of halogens is 4. The van der Waals surface area contributed by atoms with Gasteiger partial charge >= 0.3 is 6.18 Å². The first-order valence-electron chi connectivity index (χ1n) is 12.9. The molecular weight excluding hydrogens is 593 g/mol. The zero-order chi connectivity index (χ0) is 29.7. The fraction of sp³-hybridized carbons (Fsp3) is 0.296. The maximum absolute atomic E-state index is 13.3. The van der Waals surface area contributed by atoms with Crippen molar-refractivity contribution in [2.75, 3.05) is 28.6 Å². The molecule has 0 spiro atoms. The number of amides is 2. The second-order valence-electron chi connectivity index (χ2n) is 9.55. The van der Waals surface area contributed by atoms with E-state index < -0.39 is 24.1 Å². The summed E-state index contributed by atoms with van der Waals surface area (Å²) in [5, 5.41) is 22.9. The first-order chi connectivity index (χ1) is 20.1. The lowest BCUT2D eigenvalue weighted by atomic mass is 9.98. The van der Waals surface area contributed by atoms with Gasteiger partial charge in [-0.25, -0.2) is 0 Å². The van der Waals surface area contributed by atoms with Crippen LogP contribution in [0.4, 0.5) is 29.9 Å². The number of piperidine rings is 1. The predicted octanol–water partition coefficient (Wildman–Crippen LogP) is 5.14. The number of nitrogens with one attached hydrogen (secondary N) is 2. The van der Waals surface area contributed by atoms with Crippen molar-refractivity contribution in [1.29, 1.82) is 0 Å². The molecule has 0 radical (unpaired) electrons. The van der Waals surface area contributed by atoms with Crippen molar-refractivity contribution in [1.82, 2.24) is 25.4 Å². The van der Waals surface area contributed by atoms with Gasteiger partial charge in [-0.15, -0.1) is 20.4 Å². The Bertz CT molecular complexity index is 1550. The van der Waals surface area contributed by atoms with Crippen LogP contribution >= 0.6 is 22.9 Å². The minimum absolute atomic E-state index is 0.104. The molecule has 1 saturated heterocycles. The van der Waals surface area contributed by atoms with Crippen LogP contribution in [-0.4, -0.2) is 50.3 Å². The first kappa shape index (κ1) is 29.3. The molecule has 5 rings (SSSR count). The third-order valence-electron chi connectivity index (χ3n) is 6.56. The van der Waals surface area contributed by atoms with E-state index in [4.69, 9.17) is 11.6 Å². The Balaban J connectivity index is 1.11. The van der Waals surface area contributed by atoms with Gasteiger partial charge in [-0.3, -0.25) is 14.6 Å². The topological polar surface area (TPSA) is 126 Å². The number of alkyl halides is 3. The SMILES string of the molecule is O=C(Cc1ccccn1)Nc1ccc(N2CCC(c3nnc(NC(=O)Cc4cc(Cl)ccc4C(F)(F)F)s3)CC2)nn1. The van der Waals surface area contributed by atoms with Crippen LogP contribution in [0.3, 0.4) is 0 Å². The summed E-state index contributed by atoms with van der Waals surface area (Å²) in [5.41, 5.74) is -0.464. The highest BCUT2D eigenvalue weighted by atomic mass is 35.5. The maximum atomic E-state index is 13.3. The number of rotatable bonds is 8. The van der Waals surface area contributed by atoms with E-state index in [-0.39, 0.29) is 34.0 Å².